The van der Waals surface area contributed by atoms with Crippen molar-refractivity contribution >= 4 is 23.5 Å². The molecule has 3 N–H and O–H groups in total. The van der Waals surface area contributed by atoms with Crippen LogP contribution in [0.2, 0.25) is 0 Å². The molecule has 1 saturated heterocycles. The first-order valence-corrected chi connectivity index (χ1v) is 14.2. The highest BCUT2D eigenvalue weighted by atomic mass is 19.4. The predicted molar refractivity (Wildman–Crippen MR) is 153 cm³/mol. The van der Waals surface area contributed by atoms with Gasteiger partial charge in [0.15, 0.2) is 6.29 Å². The first-order chi connectivity index (χ1) is 18.4. The fourth-order valence-electron chi connectivity index (χ4n) is 4.49. The average molecular weight is 556 g/mol. The minimum atomic E-state index is -4.36. The van der Waals surface area contributed by atoms with Crippen LogP contribution >= 0.6 is 0 Å². The fourth-order valence-corrected chi connectivity index (χ4v) is 4.49. The third-order valence-corrected chi connectivity index (χ3v) is 7.69. The molecule has 0 bridgehead atoms. The lowest BCUT2D eigenvalue weighted by molar-refractivity contribution is -0.149. The highest BCUT2D eigenvalue weighted by Gasteiger charge is 2.34. The lowest BCUT2D eigenvalue weighted by Gasteiger charge is -2.28. The molecule has 0 aliphatic carbocycles. The third-order valence-electron chi connectivity index (χ3n) is 7.69. The number of benzene rings is 1. The summed E-state index contributed by atoms with van der Waals surface area (Å²) in [6.07, 6.45) is 2.07. The summed E-state index contributed by atoms with van der Waals surface area (Å²) >= 11 is 0. The molecule has 0 radical (unpaired) electrons. The van der Waals surface area contributed by atoms with E-state index in [2.05, 4.69) is 53.7 Å². The van der Waals surface area contributed by atoms with Crippen LogP contribution in [0.1, 0.15) is 66.2 Å². The van der Waals surface area contributed by atoms with Crippen LogP contribution in [-0.2, 0) is 4.79 Å². The summed E-state index contributed by atoms with van der Waals surface area (Å²) in [4.78, 5) is 19.2. The number of hydrogen-bond donors (Lipinski definition) is 3. The second kappa shape index (κ2) is 16.1. The van der Waals surface area contributed by atoms with Crippen molar-refractivity contribution in [2.24, 2.45) is 28.7 Å². The summed E-state index contributed by atoms with van der Waals surface area (Å²) < 4.78 is 44.9. The van der Waals surface area contributed by atoms with Crippen LogP contribution < -0.4 is 20.7 Å². The lowest BCUT2D eigenvalue weighted by Crippen LogP contribution is -2.39. The molecule has 10 heteroatoms. The number of hydrogen-bond acceptors (Lipinski definition) is 6. The van der Waals surface area contributed by atoms with Crippen LogP contribution in [0.4, 0.5) is 24.5 Å². The van der Waals surface area contributed by atoms with E-state index < -0.39 is 18.4 Å². The van der Waals surface area contributed by atoms with Crippen LogP contribution in [-0.4, -0.2) is 63.3 Å². The van der Waals surface area contributed by atoms with E-state index in [1.807, 2.05) is 0 Å². The summed E-state index contributed by atoms with van der Waals surface area (Å²) in [6.45, 7) is 9.99. The van der Waals surface area contributed by atoms with Gasteiger partial charge in [0.1, 0.15) is 5.75 Å². The number of carbonyl (C=O) groups is 1. The zero-order chi connectivity index (χ0) is 29.0. The van der Waals surface area contributed by atoms with Crippen molar-refractivity contribution in [1.82, 2.24) is 10.2 Å². The standard InChI is InChI=1S/C29H48F3N5O2/c1-7-8-9-10-20(2)21(3)18-33-28(34-19-22(4)29(30,31)32)36-25-12-11-24(17-26(25)39-6)35-27(38)23-13-15-37(5)16-14-23/h11-12,17,19-23,28,33,36H,7-10,13-16,18H2,1-6H3,(H,35,38). The number of halogens is 3. The van der Waals surface area contributed by atoms with Crippen molar-refractivity contribution in [1.29, 1.82) is 0 Å². The Labute approximate surface area is 232 Å². The average Bonchev–Trinajstić information content (AvgIpc) is 2.90. The van der Waals surface area contributed by atoms with E-state index in [9.17, 15) is 18.0 Å². The first kappa shape index (κ1) is 32.9. The number of amides is 1. The minimum absolute atomic E-state index is 0.0156. The maximum atomic E-state index is 13.1. The van der Waals surface area contributed by atoms with Crippen molar-refractivity contribution in [3.8, 4) is 5.75 Å². The van der Waals surface area contributed by atoms with Gasteiger partial charge in [-0.15, -0.1) is 0 Å². The van der Waals surface area contributed by atoms with Crippen LogP contribution in [0, 0.1) is 23.7 Å². The Bertz CT molecular complexity index is 903. The largest absolute Gasteiger partial charge is 0.495 e. The Hall–Kier alpha value is -2.33. The molecule has 4 unspecified atom stereocenters. The number of nitrogens with zero attached hydrogens (tertiary/aromatic N) is 2. The smallest absolute Gasteiger partial charge is 0.396 e. The van der Waals surface area contributed by atoms with Gasteiger partial charge in [-0.2, -0.15) is 13.2 Å². The fraction of sp³-hybridized carbons (Fsp3) is 0.724. The SMILES string of the molecule is CCCCCC(C)C(C)CNC(N=CC(C)C(F)(F)F)Nc1ccc(NC(=O)C2CCN(C)CC2)cc1OC. The third kappa shape index (κ3) is 11.4. The van der Waals surface area contributed by atoms with Gasteiger partial charge in [0.2, 0.25) is 5.91 Å². The Morgan fingerprint density at radius 3 is 2.49 bits per heavy atom. The molecule has 4 atom stereocenters. The van der Waals surface area contributed by atoms with Gasteiger partial charge >= 0.3 is 6.18 Å². The van der Waals surface area contributed by atoms with Gasteiger partial charge < -0.3 is 20.3 Å². The predicted octanol–water partition coefficient (Wildman–Crippen LogP) is 6.38. The highest BCUT2D eigenvalue weighted by Crippen LogP contribution is 2.30. The number of unbranched alkanes of at least 4 members (excludes halogenated alkanes) is 2. The van der Waals surface area contributed by atoms with Crippen molar-refractivity contribution in [3.63, 3.8) is 0 Å². The molecule has 222 valence electrons. The number of ether oxygens (including phenoxy) is 1. The maximum absolute atomic E-state index is 13.1. The normalized spacial score (nSPS) is 18.5. The number of nitrogens with one attached hydrogen (secondary N) is 3. The van der Waals surface area contributed by atoms with Gasteiger partial charge in [0, 0.05) is 30.4 Å². The number of carbonyl (C=O) groups excluding carboxylic acids is 1. The van der Waals surface area contributed by atoms with Gasteiger partial charge in [0.05, 0.1) is 18.7 Å². The molecule has 2 rings (SSSR count). The molecule has 1 amide bonds. The zero-order valence-corrected chi connectivity index (χ0v) is 24.4. The van der Waals surface area contributed by atoms with Crippen LogP contribution in [0.3, 0.4) is 0 Å². The Kier molecular flexibility index (Phi) is 13.5. The van der Waals surface area contributed by atoms with Gasteiger partial charge in [-0.25, -0.2) is 0 Å². The van der Waals surface area contributed by atoms with Gasteiger partial charge in [-0.3, -0.25) is 15.1 Å². The van der Waals surface area contributed by atoms with Crippen molar-refractivity contribution in [3.05, 3.63) is 18.2 Å². The molecule has 0 saturated carbocycles. The molecule has 1 aromatic rings. The maximum Gasteiger partial charge on any atom is 0.396 e. The first-order valence-electron chi connectivity index (χ1n) is 14.2. The van der Waals surface area contributed by atoms with E-state index in [1.54, 1.807) is 18.2 Å². The molecule has 1 heterocycles. The molecule has 0 spiro atoms. The van der Waals surface area contributed by atoms with Gasteiger partial charge in [-0.1, -0.05) is 46.5 Å². The molecule has 39 heavy (non-hydrogen) atoms. The highest BCUT2D eigenvalue weighted by molar-refractivity contribution is 5.93. The number of rotatable bonds is 15. The van der Waals surface area contributed by atoms with E-state index >= 15 is 0 Å². The number of likely N-dealkylation sites (tertiary alicyclic amines) is 1. The number of methoxy groups -OCH3 is 1. The van der Waals surface area contributed by atoms with Crippen LogP contribution in [0.5, 0.6) is 5.75 Å². The molecular weight excluding hydrogens is 507 g/mol. The summed E-state index contributed by atoms with van der Waals surface area (Å²) in [5.74, 6) is -0.464. The van der Waals surface area contributed by atoms with Crippen molar-refractivity contribution in [2.45, 2.75) is 78.7 Å². The molecule has 1 aliphatic rings. The van der Waals surface area contributed by atoms with Crippen LogP contribution in [0.15, 0.2) is 23.2 Å². The molecule has 1 aliphatic heterocycles. The van der Waals surface area contributed by atoms with E-state index in [-0.39, 0.29) is 11.8 Å². The molecular formula is C29H48F3N5O2. The zero-order valence-electron chi connectivity index (χ0n) is 24.4. The molecule has 0 aromatic heterocycles. The summed E-state index contributed by atoms with van der Waals surface area (Å²) in [6, 6.07) is 5.22. The van der Waals surface area contributed by atoms with Gasteiger partial charge in [-0.05, 0) is 63.9 Å². The topological polar surface area (TPSA) is 78.0 Å². The molecule has 1 aromatic carbocycles. The monoisotopic (exact) mass is 555 g/mol. The van der Waals surface area contributed by atoms with E-state index in [0.29, 0.717) is 35.5 Å². The van der Waals surface area contributed by atoms with Crippen molar-refractivity contribution in [2.75, 3.05) is 44.4 Å². The molecule has 1 fully saturated rings. The number of aliphatic imine (C=N–C) groups is 1. The number of anilines is 2. The second-order valence-corrected chi connectivity index (χ2v) is 11.0. The van der Waals surface area contributed by atoms with E-state index in [1.165, 1.54) is 26.4 Å². The Morgan fingerprint density at radius 2 is 1.87 bits per heavy atom. The number of piperidine rings is 1. The van der Waals surface area contributed by atoms with Gasteiger partial charge in [0.25, 0.3) is 0 Å². The Morgan fingerprint density at radius 1 is 1.18 bits per heavy atom. The summed E-state index contributed by atoms with van der Waals surface area (Å²) in [5, 5.41) is 9.44. The quantitative estimate of drug-likeness (QED) is 0.133. The second-order valence-electron chi connectivity index (χ2n) is 11.0. The number of alkyl halides is 3. The van der Waals surface area contributed by atoms with Crippen molar-refractivity contribution < 1.29 is 22.7 Å². The van der Waals surface area contributed by atoms with E-state index in [0.717, 1.165) is 45.5 Å². The lowest BCUT2D eigenvalue weighted by atomic mass is 9.91. The molecule has 7 nitrogen and oxygen atoms in total. The minimum Gasteiger partial charge on any atom is -0.495 e. The summed E-state index contributed by atoms with van der Waals surface area (Å²) in [5.41, 5.74) is 1.17. The van der Waals surface area contributed by atoms with E-state index in [4.69, 9.17) is 4.74 Å². The van der Waals surface area contributed by atoms with Crippen LogP contribution in [0.25, 0.3) is 0 Å². The summed E-state index contributed by atoms with van der Waals surface area (Å²) in [7, 11) is 3.57. The Balaban J connectivity index is 2.11.